The van der Waals surface area contributed by atoms with Gasteiger partial charge < -0.3 is 5.11 Å². The standard InChI is InChI=1S/C15H15IN2O2S/c1-3-12-17-9(2)13(15(19)20)14(18-12)21-8-10-4-6-11(16)7-5-10/h4-7H,3,8H2,1-2H3,(H,19,20). The van der Waals surface area contributed by atoms with E-state index in [1.807, 2.05) is 31.2 Å². The maximum atomic E-state index is 11.4. The lowest BCUT2D eigenvalue weighted by molar-refractivity contribution is 0.0690. The lowest BCUT2D eigenvalue weighted by Crippen LogP contribution is -2.09. The molecule has 1 N–H and O–H groups in total. The Bertz CT molecular complexity index is 659. The monoisotopic (exact) mass is 414 g/mol. The van der Waals surface area contributed by atoms with Gasteiger partial charge in [-0.05, 0) is 47.2 Å². The molecule has 6 heteroatoms. The van der Waals surface area contributed by atoms with Crippen LogP contribution in [0.3, 0.4) is 0 Å². The molecule has 0 amide bonds. The number of nitrogens with zero attached hydrogens (tertiary/aromatic N) is 2. The number of carboxylic acids is 1. The molecule has 0 bridgehead atoms. The Morgan fingerprint density at radius 3 is 2.52 bits per heavy atom. The molecular formula is C15H15IN2O2S. The number of carbonyl (C=O) groups is 1. The molecule has 1 aromatic carbocycles. The first-order valence-electron chi connectivity index (χ1n) is 6.49. The zero-order valence-corrected chi connectivity index (χ0v) is 14.7. The number of benzene rings is 1. The van der Waals surface area contributed by atoms with Crippen molar-refractivity contribution in [1.82, 2.24) is 9.97 Å². The first kappa shape index (κ1) is 16.2. The lowest BCUT2D eigenvalue weighted by atomic mass is 10.2. The van der Waals surface area contributed by atoms with Crippen molar-refractivity contribution >= 4 is 40.3 Å². The second-order valence-corrected chi connectivity index (χ2v) is 6.69. The normalized spacial score (nSPS) is 10.6. The second kappa shape index (κ2) is 7.22. The van der Waals surface area contributed by atoms with E-state index in [1.165, 1.54) is 15.3 Å². The average molecular weight is 414 g/mol. The predicted molar refractivity (Wildman–Crippen MR) is 91.8 cm³/mol. The fourth-order valence-electron chi connectivity index (χ4n) is 1.84. The van der Waals surface area contributed by atoms with Gasteiger partial charge in [0.15, 0.2) is 0 Å². The highest BCUT2D eigenvalue weighted by Crippen LogP contribution is 2.26. The van der Waals surface area contributed by atoms with E-state index in [9.17, 15) is 9.90 Å². The van der Waals surface area contributed by atoms with Crippen LogP contribution in [0, 0.1) is 10.5 Å². The first-order chi connectivity index (χ1) is 10.0. The van der Waals surface area contributed by atoms with Crippen molar-refractivity contribution in [2.45, 2.75) is 31.0 Å². The topological polar surface area (TPSA) is 63.1 Å². The van der Waals surface area contributed by atoms with E-state index in [0.29, 0.717) is 28.7 Å². The molecule has 4 nitrogen and oxygen atoms in total. The van der Waals surface area contributed by atoms with Crippen LogP contribution in [-0.4, -0.2) is 21.0 Å². The Morgan fingerprint density at radius 1 is 1.29 bits per heavy atom. The maximum Gasteiger partial charge on any atom is 0.340 e. The van der Waals surface area contributed by atoms with E-state index in [-0.39, 0.29) is 5.56 Å². The summed E-state index contributed by atoms with van der Waals surface area (Å²) in [5.41, 5.74) is 1.88. The van der Waals surface area contributed by atoms with E-state index >= 15 is 0 Å². The summed E-state index contributed by atoms with van der Waals surface area (Å²) in [6.07, 6.45) is 0.692. The van der Waals surface area contributed by atoms with Gasteiger partial charge in [-0.25, -0.2) is 14.8 Å². The maximum absolute atomic E-state index is 11.4. The predicted octanol–water partition coefficient (Wildman–Crippen LogP) is 3.94. The van der Waals surface area contributed by atoms with Crippen LogP contribution in [0.25, 0.3) is 0 Å². The van der Waals surface area contributed by atoms with Gasteiger partial charge in [-0.1, -0.05) is 19.1 Å². The second-order valence-electron chi connectivity index (χ2n) is 4.48. The van der Waals surface area contributed by atoms with Crippen LogP contribution in [0.5, 0.6) is 0 Å². The fourth-order valence-corrected chi connectivity index (χ4v) is 3.25. The molecule has 0 saturated carbocycles. The Balaban J connectivity index is 2.27. The van der Waals surface area contributed by atoms with Crippen LogP contribution in [0.2, 0.25) is 0 Å². The van der Waals surface area contributed by atoms with Crippen LogP contribution < -0.4 is 0 Å². The fraction of sp³-hybridized carbons (Fsp3) is 0.267. The number of thioether (sulfide) groups is 1. The van der Waals surface area contributed by atoms with E-state index in [0.717, 1.165) is 5.56 Å². The SMILES string of the molecule is CCc1nc(C)c(C(=O)O)c(SCc2ccc(I)cc2)n1. The van der Waals surface area contributed by atoms with Gasteiger partial charge in [-0.3, -0.25) is 0 Å². The Hall–Kier alpha value is -1.15. The van der Waals surface area contributed by atoms with Crippen molar-refractivity contribution in [3.63, 3.8) is 0 Å². The molecule has 0 atom stereocenters. The van der Waals surface area contributed by atoms with Crippen molar-refractivity contribution in [1.29, 1.82) is 0 Å². The van der Waals surface area contributed by atoms with E-state index in [2.05, 4.69) is 32.6 Å². The molecule has 0 aliphatic rings. The lowest BCUT2D eigenvalue weighted by Gasteiger charge is -2.09. The summed E-state index contributed by atoms with van der Waals surface area (Å²) < 4.78 is 1.18. The first-order valence-corrected chi connectivity index (χ1v) is 8.55. The molecule has 1 aromatic heterocycles. The highest BCUT2D eigenvalue weighted by Gasteiger charge is 2.18. The molecule has 0 unspecified atom stereocenters. The number of aromatic carboxylic acids is 1. The van der Waals surface area contributed by atoms with Crippen LogP contribution in [-0.2, 0) is 12.2 Å². The summed E-state index contributed by atoms with van der Waals surface area (Å²) in [4.78, 5) is 20.0. The average Bonchev–Trinajstić information content (AvgIpc) is 2.45. The third kappa shape index (κ3) is 4.16. The summed E-state index contributed by atoms with van der Waals surface area (Å²) in [5.74, 6) is 0.402. The Kier molecular flexibility index (Phi) is 5.58. The van der Waals surface area contributed by atoms with Crippen LogP contribution in [0.4, 0.5) is 0 Å². The van der Waals surface area contributed by atoms with Gasteiger partial charge >= 0.3 is 5.97 Å². The highest BCUT2D eigenvalue weighted by atomic mass is 127. The number of aromatic nitrogens is 2. The smallest absolute Gasteiger partial charge is 0.340 e. The summed E-state index contributed by atoms with van der Waals surface area (Å²) in [6.45, 7) is 3.68. The van der Waals surface area contributed by atoms with Crippen molar-refractivity contribution in [3.8, 4) is 0 Å². The zero-order chi connectivity index (χ0) is 15.4. The number of hydrogen-bond donors (Lipinski definition) is 1. The van der Waals surface area contributed by atoms with E-state index in [1.54, 1.807) is 6.92 Å². The van der Waals surface area contributed by atoms with Crippen molar-refractivity contribution in [2.75, 3.05) is 0 Å². The minimum absolute atomic E-state index is 0.211. The molecule has 0 fully saturated rings. The van der Waals surface area contributed by atoms with Gasteiger partial charge in [-0.2, -0.15) is 0 Å². The van der Waals surface area contributed by atoms with Crippen molar-refractivity contribution in [2.24, 2.45) is 0 Å². The van der Waals surface area contributed by atoms with Crippen LogP contribution in [0.1, 0.15) is 34.4 Å². The summed E-state index contributed by atoms with van der Waals surface area (Å²) in [5, 5.41) is 9.90. The number of carboxylic acid groups (broad SMARTS) is 1. The molecule has 0 spiro atoms. The Labute approximate surface area is 141 Å². The zero-order valence-electron chi connectivity index (χ0n) is 11.8. The van der Waals surface area contributed by atoms with Crippen molar-refractivity contribution in [3.05, 3.63) is 50.5 Å². The third-order valence-electron chi connectivity index (χ3n) is 2.92. The molecule has 21 heavy (non-hydrogen) atoms. The van der Waals surface area contributed by atoms with Crippen LogP contribution >= 0.6 is 34.4 Å². The molecule has 2 aromatic rings. The largest absolute Gasteiger partial charge is 0.478 e. The molecule has 110 valence electrons. The molecule has 0 radical (unpaired) electrons. The molecule has 1 heterocycles. The van der Waals surface area contributed by atoms with Gasteiger partial charge in [0, 0.05) is 15.7 Å². The Morgan fingerprint density at radius 2 is 1.95 bits per heavy atom. The van der Waals surface area contributed by atoms with Gasteiger partial charge in [-0.15, -0.1) is 11.8 Å². The minimum Gasteiger partial charge on any atom is -0.478 e. The third-order valence-corrected chi connectivity index (χ3v) is 4.69. The highest BCUT2D eigenvalue weighted by molar-refractivity contribution is 14.1. The van der Waals surface area contributed by atoms with Crippen molar-refractivity contribution < 1.29 is 9.90 Å². The molecule has 2 rings (SSSR count). The number of halogens is 1. The number of rotatable bonds is 5. The molecule has 0 aliphatic heterocycles. The quantitative estimate of drug-likeness (QED) is 0.456. The minimum atomic E-state index is -0.972. The summed E-state index contributed by atoms with van der Waals surface area (Å²) in [6, 6.07) is 8.17. The van der Waals surface area contributed by atoms with E-state index in [4.69, 9.17) is 0 Å². The number of aryl methyl sites for hydroxylation is 2. The van der Waals surface area contributed by atoms with Gasteiger partial charge in [0.2, 0.25) is 0 Å². The molecule has 0 saturated heterocycles. The van der Waals surface area contributed by atoms with Gasteiger partial charge in [0.1, 0.15) is 16.4 Å². The molecular weight excluding hydrogens is 399 g/mol. The number of hydrogen-bond acceptors (Lipinski definition) is 4. The molecule has 0 aliphatic carbocycles. The van der Waals surface area contributed by atoms with Crippen LogP contribution in [0.15, 0.2) is 29.3 Å². The van der Waals surface area contributed by atoms with Gasteiger partial charge in [0.05, 0.1) is 5.69 Å². The van der Waals surface area contributed by atoms with Gasteiger partial charge in [0.25, 0.3) is 0 Å². The van der Waals surface area contributed by atoms with E-state index < -0.39 is 5.97 Å². The summed E-state index contributed by atoms with van der Waals surface area (Å²) in [7, 11) is 0. The summed E-state index contributed by atoms with van der Waals surface area (Å²) >= 11 is 3.70.